The van der Waals surface area contributed by atoms with E-state index in [1.807, 2.05) is 0 Å². The highest BCUT2D eigenvalue weighted by Gasteiger charge is 2.32. The molecule has 2 rings (SSSR count). The largest absolute Gasteiger partial charge is 0.491 e. The Hall–Kier alpha value is -2.68. The predicted octanol–water partition coefficient (Wildman–Crippen LogP) is 3.19. The van der Waals surface area contributed by atoms with E-state index in [2.05, 4.69) is 31.2 Å². The van der Waals surface area contributed by atoms with Gasteiger partial charge in [0.25, 0.3) is 0 Å². The third-order valence-corrected chi connectivity index (χ3v) is 4.38. The Kier molecular flexibility index (Phi) is 17.5. The number of nitrogens with one attached hydrogen (secondary N) is 1. The van der Waals surface area contributed by atoms with E-state index in [-0.39, 0.29) is 55.9 Å². The maximum atomic E-state index is 12.3. The van der Waals surface area contributed by atoms with Crippen molar-refractivity contribution in [3.05, 3.63) is 52.5 Å². The van der Waals surface area contributed by atoms with Crippen LogP contribution in [-0.2, 0) is 31.7 Å². The number of nitrogens with zero attached hydrogens (tertiary/aromatic N) is 2. The van der Waals surface area contributed by atoms with Crippen LogP contribution in [-0.4, -0.2) is 58.2 Å². The fourth-order valence-corrected chi connectivity index (χ4v) is 2.75. The minimum Gasteiger partial charge on any atom is -0.491 e. The van der Waals surface area contributed by atoms with Crippen molar-refractivity contribution in [2.24, 2.45) is 5.73 Å². The van der Waals surface area contributed by atoms with Crippen LogP contribution in [0.4, 0.5) is 13.2 Å². The van der Waals surface area contributed by atoms with Crippen molar-refractivity contribution in [2.75, 3.05) is 13.2 Å². The Balaban J connectivity index is 0. The molecule has 0 fully saturated rings. The molecule has 208 valence electrons. The number of carbonyl (C=O) groups is 3. The quantitative estimate of drug-likeness (QED) is 0.278. The highest BCUT2D eigenvalue weighted by molar-refractivity contribution is 9.10. The fourth-order valence-electron chi connectivity index (χ4n) is 2.41. The van der Waals surface area contributed by atoms with E-state index in [9.17, 15) is 27.6 Å². The molecule has 10 nitrogen and oxygen atoms in total. The summed E-state index contributed by atoms with van der Waals surface area (Å²) in [6.45, 7) is 3.27. The molecule has 2 aromatic rings. The number of halogens is 6. The zero-order chi connectivity index (χ0) is 26.6. The highest BCUT2D eigenvalue weighted by atomic mass is 79.9. The monoisotopic (exact) mass is 636 g/mol. The number of carboxylic acid groups (broad SMARTS) is 1. The number of esters is 1. The van der Waals surface area contributed by atoms with Gasteiger partial charge < -0.3 is 25.6 Å². The Morgan fingerprint density at radius 2 is 1.78 bits per heavy atom. The SMILES string of the molecule is CCOC(=O)C(COc1ccnc(Br)c1)NC(C)=O.Cl.Cl.NC(Cc1ccnc(C(F)(F)F)c1)C(=O)O. The lowest BCUT2D eigenvalue weighted by atomic mass is 10.1. The van der Waals surface area contributed by atoms with E-state index in [0.29, 0.717) is 10.4 Å². The number of hydrogen-bond acceptors (Lipinski definition) is 8. The Morgan fingerprint density at radius 1 is 1.16 bits per heavy atom. The minimum absolute atomic E-state index is 0. The number of pyridine rings is 2. The van der Waals surface area contributed by atoms with Gasteiger partial charge in [-0.2, -0.15) is 13.2 Å². The van der Waals surface area contributed by atoms with Crippen LogP contribution in [0.15, 0.2) is 41.3 Å². The second kappa shape index (κ2) is 17.7. The van der Waals surface area contributed by atoms with E-state index in [1.54, 1.807) is 25.3 Å². The molecule has 0 radical (unpaired) electrons. The van der Waals surface area contributed by atoms with Gasteiger partial charge in [0.15, 0.2) is 6.04 Å². The number of rotatable bonds is 9. The van der Waals surface area contributed by atoms with Crippen LogP contribution in [0.5, 0.6) is 5.75 Å². The number of aliphatic carboxylic acids is 1. The second-order valence-corrected chi connectivity index (χ2v) is 7.64. The summed E-state index contributed by atoms with van der Waals surface area (Å²) in [4.78, 5) is 40.2. The Labute approximate surface area is 231 Å². The molecule has 2 aromatic heterocycles. The first-order valence-electron chi connectivity index (χ1n) is 10.0. The Bertz CT molecular complexity index is 1020. The molecular formula is C21H26BrCl2F3N4O6. The molecule has 0 saturated heterocycles. The third kappa shape index (κ3) is 14.6. The van der Waals surface area contributed by atoms with Gasteiger partial charge in [0.2, 0.25) is 5.91 Å². The molecular weight excluding hydrogens is 612 g/mol. The summed E-state index contributed by atoms with van der Waals surface area (Å²) in [6.07, 6.45) is -2.16. The van der Waals surface area contributed by atoms with Crippen LogP contribution in [0.2, 0.25) is 0 Å². The standard InChI is InChI=1S/C12H15BrN2O4.C9H9F3N2O2.2ClH/c1-3-18-12(17)10(15-8(2)16)7-19-9-4-5-14-11(13)6-9;10-9(11,12)7-4-5(1-2-14-7)3-6(13)8(15)16;;/h4-6,10H,3,7H2,1-2H3,(H,15,16);1-2,4,6H,3,13H2,(H,15,16);2*1H. The van der Waals surface area contributed by atoms with Crippen molar-refractivity contribution >= 4 is 58.6 Å². The first-order valence-corrected chi connectivity index (χ1v) is 10.8. The molecule has 2 unspecified atom stereocenters. The molecule has 2 heterocycles. The van der Waals surface area contributed by atoms with Gasteiger partial charge in [-0.1, -0.05) is 0 Å². The van der Waals surface area contributed by atoms with Gasteiger partial charge in [0, 0.05) is 25.4 Å². The van der Waals surface area contributed by atoms with E-state index in [4.69, 9.17) is 20.3 Å². The van der Waals surface area contributed by atoms with Gasteiger partial charge >= 0.3 is 18.1 Å². The summed E-state index contributed by atoms with van der Waals surface area (Å²) < 4.78 is 47.7. The summed E-state index contributed by atoms with van der Waals surface area (Å²) >= 11 is 3.21. The molecule has 0 bridgehead atoms. The van der Waals surface area contributed by atoms with E-state index >= 15 is 0 Å². The summed E-state index contributed by atoms with van der Waals surface area (Å²) in [6, 6.07) is 3.37. The average Bonchev–Trinajstić information content (AvgIpc) is 2.76. The fraction of sp³-hybridized carbons (Fsp3) is 0.381. The lowest BCUT2D eigenvalue weighted by molar-refractivity contribution is -0.148. The minimum atomic E-state index is -4.54. The number of nitrogens with two attached hydrogens (primary N) is 1. The van der Waals surface area contributed by atoms with Crippen molar-refractivity contribution in [1.82, 2.24) is 15.3 Å². The first kappa shape index (κ1) is 36.5. The molecule has 1 amide bonds. The summed E-state index contributed by atoms with van der Waals surface area (Å²) in [5.41, 5.74) is 4.35. The van der Waals surface area contributed by atoms with Gasteiger partial charge in [0.1, 0.15) is 28.7 Å². The topological polar surface area (TPSA) is 154 Å². The summed E-state index contributed by atoms with van der Waals surface area (Å²) in [7, 11) is 0. The third-order valence-electron chi connectivity index (χ3n) is 3.95. The molecule has 0 aliphatic rings. The number of aromatic nitrogens is 2. The van der Waals surface area contributed by atoms with Crippen LogP contribution in [0.1, 0.15) is 25.1 Å². The normalized spacial score (nSPS) is 11.8. The maximum Gasteiger partial charge on any atom is 0.433 e. The smallest absolute Gasteiger partial charge is 0.433 e. The van der Waals surface area contributed by atoms with Crippen molar-refractivity contribution in [3.8, 4) is 5.75 Å². The number of amides is 1. The summed E-state index contributed by atoms with van der Waals surface area (Å²) in [5.74, 6) is -1.56. The molecule has 0 aromatic carbocycles. The summed E-state index contributed by atoms with van der Waals surface area (Å²) in [5, 5.41) is 11.0. The average molecular weight is 638 g/mol. The molecule has 0 aliphatic carbocycles. The van der Waals surface area contributed by atoms with Crippen molar-refractivity contribution < 1.29 is 42.1 Å². The second-order valence-electron chi connectivity index (χ2n) is 6.83. The first-order chi connectivity index (χ1) is 16.3. The van der Waals surface area contributed by atoms with Gasteiger partial charge in [-0.15, -0.1) is 24.8 Å². The lowest BCUT2D eigenvalue weighted by Crippen LogP contribution is -2.44. The van der Waals surface area contributed by atoms with Gasteiger partial charge in [-0.25, -0.2) is 9.78 Å². The Morgan fingerprint density at radius 3 is 2.30 bits per heavy atom. The molecule has 37 heavy (non-hydrogen) atoms. The van der Waals surface area contributed by atoms with Crippen LogP contribution < -0.4 is 15.8 Å². The number of ether oxygens (including phenoxy) is 2. The number of hydrogen-bond donors (Lipinski definition) is 3. The van der Waals surface area contributed by atoms with E-state index in [0.717, 1.165) is 12.3 Å². The molecule has 16 heteroatoms. The van der Waals surface area contributed by atoms with Crippen molar-refractivity contribution in [2.45, 2.75) is 38.5 Å². The van der Waals surface area contributed by atoms with Gasteiger partial charge in [-0.05, 0) is 53.0 Å². The lowest BCUT2D eigenvalue weighted by Gasteiger charge is -2.17. The molecule has 0 spiro atoms. The van der Waals surface area contributed by atoms with Gasteiger partial charge in [0.05, 0.1) is 6.61 Å². The zero-order valence-electron chi connectivity index (χ0n) is 19.5. The maximum absolute atomic E-state index is 12.3. The van der Waals surface area contributed by atoms with Crippen LogP contribution >= 0.6 is 40.7 Å². The van der Waals surface area contributed by atoms with Crippen molar-refractivity contribution in [3.63, 3.8) is 0 Å². The molecule has 0 saturated carbocycles. The van der Waals surface area contributed by atoms with Gasteiger partial charge in [-0.3, -0.25) is 14.6 Å². The molecule has 0 aliphatic heterocycles. The highest BCUT2D eigenvalue weighted by Crippen LogP contribution is 2.27. The zero-order valence-corrected chi connectivity index (χ0v) is 22.7. The number of carbonyl (C=O) groups excluding carboxylic acids is 2. The van der Waals surface area contributed by atoms with Crippen LogP contribution in [0.3, 0.4) is 0 Å². The van der Waals surface area contributed by atoms with E-state index in [1.165, 1.54) is 13.0 Å². The molecule has 2 atom stereocenters. The molecule has 4 N–H and O–H groups in total. The van der Waals surface area contributed by atoms with Crippen molar-refractivity contribution in [1.29, 1.82) is 0 Å². The number of alkyl halides is 3. The number of carboxylic acids is 1. The van der Waals surface area contributed by atoms with E-state index < -0.39 is 35.9 Å². The predicted molar refractivity (Wildman–Crippen MR) is 135 cm³/mol. The van der Waals surface area contributed by atoms with Crippen LogP contribution in [0, 0.1) is 0 Å². The van der Waals surface area contributed by atoms with Crippen LogP contribution in [0.25, 0.3) is 0 Å².